The fourth-order valence-corrected chi connectivity index (χ4v) is 1.80. The molecule has 1 rings (SSSR count). The molecular formula is C8H10NO3S. The lowest BCUT2D eigenvalue weighted by Crippen LogP contribution is -2.01. The van der Waals surface area contributed by atoms with Gasteiger partial charge in [-0.3, -0.25) is 4.55 Å². The minimum absolute atomic E-state index is 0. The summed E-state index contributed by atoms with van der Waals surface area (Å²) in [4.78, 5) is -0.0116. The lowest BCUT2D eigenvalue weighted by atomic mass is 10.1. The van der Waals surface area contributed by atoms with Crippen molar-refractivity contribution in [3.63, 3.8) is 0 Å². The maximum Gasteiger partial charge on any atom is 0.294 e. The SMILES string of the molecule is Cc1cccc(S(=O)(=O)O)c1C.[N]. The van der Waals surface area contributed by atoms with Gasteiger partial charge in [-0.05, 0) is 31.0 Å². The molecule has 0 bridgehead atoms. The van der Waals surface area contributed by atoms with Gasteiger partial charge in [0, 0.05) is 6.15 Å². The Morgan fingerprint density at radius 3 is 2.15 bits per heavy atom. The van der Waals surface area contributed by atoms with Crippen LogP contribution in [0.5, 0.6) is 0 Å². The molecule has 4 nitrogen and oxygen atoms in total. The first-order valence-electron chi connectivity index (χ1n) is 3.46. The molecule has 0 aliphatic rings. The number of nitrogens with zero attached hydrogens (tertiary/aromatic N) is 1. The standard InChI is InChI=1S/C8H10O3S.N/c1-6-4-3-5-8(7(6)2)12(9,10)11;/h3-5H,1-2H3,(H,9,10,11);. The topological polar surface area (TPSA) is 84.9 Å². The van der Waals surface area contributed by atoms with Crippen molar-refractivity contribution in [2.24, 2.45) is 0 Å². The molecule has 0 amide bonds. The van der Waals surface area contributed by atoms with E-state index < -0.39 is 10.1 Å². The highest BCUT2D eigenvalue weighted by Gasteiger charge is 2.12. The van der Waals surface area contributed by atoms with Gasteiger partial charge in [0.2, 0.25) is 0 Å². The average molecular weight is 200 g/mol. The highest BCUT2D eigenvalue weighted by Crippen LogP contribution is 2.17. The molecule has 5 heteroatoms. The Morgan fingerprint density at radius 2 is 1.77 bits per heavy atom. The van der Waals surface area contributed by atoms with E-state index in [9.17, 15) is 8.42 Å². The summed E-state index contributed by atoms with van der Waals surface area (Å²) in [5, 5.41) is 0. The molecule has 0 heterocycles. The van der Waals surface area contributed by atoms with E-state index in [4.69, 9.17) is 4.55 Å². The third kappa shape index (κ3) is 2.51. The zero-order valence-electron chi connectivity index (χ0n) is 7.35. The van der Waals surface area contributed by atoms with Crippen LogP contribution < -0.4 is 6.15 Å². The molecule has 71 valence electrons. The van der Waals surface area contributed by atoms with Gasteiger partial charge >= 0.3 is 0 Å². The summed E-state index contributed by atoms with van der Waals surface area (Å²) in [6.45, 7) is 3.46. The zero-order valence-corrected chi connectivity index (χ0v) is 8.17. The minimum Gasteiger partial charge on any atom is -0.282 e. The van der Waals surface area contributed by atoms with Gasteiger partial charge in [0.1, 0.15) is 0 Å². The molecule has 13 heavy (non-hydrogen) atoms. The highest BCUT2D eigenvalue weighted by atomic mass is 32.2. The number of hydrogen-bond donors (Lipinski definition) is 1. The van der Waals surface area contributed by atoms with Crippen LogP contribution in [-0.4, -0.2) is 13.0 Å². The Morgan fingerprint density at radius 1 is 1.23 bits per heavy atom. The summed E-state index contributed by atoms with van der Waals surface area (Å²) in [5.74, 6) is 0. The first-order valence-corrected chi connectivity index (χ1v) is 4.90. The van der Waals surface area contributed by atoms with Gasteiger partial charge in [0.25, 0.3) is 10.1 Å². The van der Waals surface area contributed by atoms with E-state index in [1.807, 2.05) is 0 Å². The van der Waals surface area contributed by atoms with Gasteiger partial charge in [-0.15, -0.1) is 0 Å². The molecule has 0 fully saturated rings. The van der Waals surface area contributed by atoms with Gasteiger partial charge in [0.15, 0.2) is 0 Å². The predicted molar refractivity (Wildman–Crippen MR) is 47.9 cm³/mol. The van der Waals surface area contributed by atoms with E-state index in [0.717, 1.165) is 5.56 Å². The van der Waals surface area contributed by atoms with E-state index in [-0.39, 0.29) is 11.0 Å². The molecule has 0 spiro atoms. The maximum absolute atomic E-state index is 10.8. The lowest BCUT2D eigenvalue weighted by Gasteiger charge is -2.03. The molecule has 0 aromatic heterocycles. The van der Waals surface area contributed by atoms with Crippen LogP contribution in [0.1, 0.15) is 11.1 Å². The first kappa shape index (κ1) is 12.1. The van der Waals surface area contributed by atoms with Gasteiger partial charge < -0.3 is 0 Å². The Kier molecular flexibility index (Phi) is 3.60. The third-order valence-corrected chi connectivity index (χ3v) is 2.83. The van der Waals surface area contributed by atoms with Crippen LogP contribution in [-0.2, 0) is 10.1 Å². The Hall–Kier alpha value is -0.910. The summed E-state index contributed by atoms with van der Waals surface area (Å²) in [7, 11) is -4.06. The van der Waals surface area contributed by atoms with Crippen molar-refractivity contribution in [2.75, 3.05) is 0 Å². The van der Waals surface area contributed by atoms with Crippen LogP contribution in [0.25, 0.3) is 0 Å². The summed E-state index contributed by atoms with van der Waals surface area (Å²) >= 11 is 0. The van der Waals surface area contributed by atoms with Gasteiger partial charge in [-0.2, -0.15) is 8.42 Å². The Bertz CT molecular complexity index is 398. The molecule has 1 aromatic rings. The molecule has 1 aromatic carbocycles. The quantitative estimate of drug-likeness (QED) is 0.688. The summed E-state index contributed by atoms with van der Waals surface area (Å²) in [5.41, 5.74) is 1.45. The lowest BCUT2D eigenvalue weighted by molar-refractivity contribution is 0.482. The van der Waals surface area contributed by atoms with Gasteiger partial charge in [-0.1, -0.05) is 12.1 Å². The highest BCUT2D eigenvalue weighted by molar-refractivity contribution is 7.85. The fourth-order valence-electron chi connectivity index (χ4n) is 1.00. The maximum atomic E-state index is 10.8. The predicted octanol–water partition coefficient (Wildman–Crippen LogP) is 1.07. The molecule has 3 radical (unpaired) electrons. The molecule has 0 aliphatic heterocycles. The van der Waals surface area contributed by atoms with E-state index in [2.05, 4.69) is 0 Å². The van der Waals surface area contributed by atoms with Crippen LogP contribution in [0.4, 0.5) is 0 Å². The third-order valence-electron chi connectivity index (χ3n) is 1.83. The van der Waals surface area contributed by atoms with Crippen LogP contribution >= 0.6 is 0 Å². The van der Waals surface area contributed by atoms with Crippen molar-refractivity contribution in [3.05, 3.63) is 29.3 Å². The Balaban J connectivity index is 0.00000144. The molecule has 0 atom stereocenters. The average Bonchev–Trinajstić information content (AvgIpc) is 1.92. The first-order chi connectivity index (χ1) is 5.43. The van der Waals surface area contributed by atoms with Crippen LogP contribution in [0, 0.1) is 13.8 Å². The summed E-state index contributed by atoms with van der Waals surface area (Å²) in [6.07, 6.45) is 0. The molecule has 1 N–H and O–H groups in total. The van der Waals surface area contributed by atoms with Crippen molar-refractivity contribution in [1.29, 1.82) is 0 Å². The summed E-state index contributed by atoms with van der Waals surface area (Å²) in [6, 6.07) is 4.78. The second-order valence-corrected chi connectivity index (χ2v) is 4.06. The van der Waals surface area contributed by atoms with Crippen LogP contribution in [0.15, 0.2) is 23.1 Å². The smallest absolute Gasteiger partial charge is 0.282 e. The van der Waals surface area contributed by atoms with E-state index in [1.165, 1.54) is 6.07 Å². The normalized spacial score (nSPS) is 10.7. The largest absolute Gasteiger partial charge is 0.294 e. The molecule has 0 aliphatic carbocycles. The van der Waals surface area contributed by atoms with Crippen molar-refractivity contribution in [3.8, 4) is 0 Å². The monoisotopic (exact) mass is 200 g/mol. The van der Waals surface area contributed by atoms with Gasteiger partial charge in [0.05, 0.1) is 4.90 Å². The second-order valence-electron chi connectivity index (χ2n) is 2.67. The van der Waals surface area contributed by atoms with E-state index in [0.29, 0.717) is 5.56 Å². The molecule has 0 saturated heterocycles. The van der Waals surface area contributed by atoms with Crippen molar-refractivity contribution in [2.45, 2.75) is 18.7 Å². The van der Waals surface area contributed by atoms with Gasteiger partial charge in [-0.25, -0.2) is 0 Å². The van der Waals surface area contributed by atoms with Crippen molar-refractivity contribution < 1.29 is 13.0 Å². The molecule has 0 unspecified atom stereocenters. The van der Waals surface area contributed by atoms with E-state index >= 15 is 0 Å². The number of hydrogen-bond acceptors (Lipinski definition) is 2. The summed E-state index contributed by atoms with van der Waals surface area (Å²) < 4.78 is 30.3. The Labute approximate surface area is 77.9 Å². The minimum atomic E-state index is -4.06. The van der Waals surface area contributed by atoms with Crippen LogP contribution in [0.3, 0.4) is 0 Å². The fraction of sp³-hybridized carbons (Fsp3) is 0.250. The number of rotatable bonds is 1. The number of aryl methyl sites for hydroxylation is 1. The van der Waals surface area contributed by atoms with Crippen molar-refractivity contribution in [1.82, 2.24) is 6.15 Å². The number of benzene rings is 1. The molecule has 0 saturated carbocycles. The van der Waals surface area contributed by atoms with E-state index in [1.54, 1.807) is 26.0 Å². The zero-order chi connectivity index (χ0) is 9.35. The second kappa shape index (κ2) is 3.87. The van der Waals surface area contributed by atoms with Crippen molar-refractivity contribution >= 4 is 10.1 Å². The van der Waals surface area contributed by atoms with Crippen LogP contribution in [0.2, 0.25) is 0 Å². The molecular weight excluding hydrogens is 190 g/mol.